The van der Waals surface area contributed by atoms with Gasteiger partial charge in [-0.1, -0.05) is 49.6 Å². The molecular formula is C20H22O3. The Bertz CT molecular complexity index is 655. The Kier molecular flexibility index (Phi) is 4.96. The number of benzene rings is 2. The van der Waals surface area contributed by atoms with Gasteiger partial charge in [0.15, 0.2) is 0 Å². The topological polar surface area (TPSA) is 46.5 Å². The van der Waals surface area contributed by atoms with Crippen molar-refractivity contribution in [2.45, 2.75) is 44.6 Å². The van der Waals surface area contributed by atoms with Gasteiger partial charge < -0.3 is 9.84 Å². The quantitative estimate of drug-likeness (QED) is 0.844. The minimum atomic E-state index is -0.920. The van der Waals surface area contributed by atoms with Crippen molar-refractivity contribution >= 4 is 5.97 Å². The van der Waals surface area contributed by atoms with E-state index in [1.54, 1.807) is 18.2 Å². The zero-order valence-electron chi connectivity index (χ0n) is 13.2. The normalized spacial score (nSPS) is 15.3. The van der Waals surface area contributed by atoms with E-state index in [2.05, 4.69) is 12.1 Å². The molecule has 1 N–H and O–H groups in total. The molecule has 0 amide bonds. The van der Waals surface area contributed by atoms with Gasteiger partial charge in [0.2, 0.25) is 0 Å². The molecule has 1 fully saturated rings. The van der Waals surface area contributed by atoms with Crippen LogP contribution in [0, 0.1) is 0 Å². The lowest BCUT2D eigenvalue weighted by Gasteiger charge is -2.22. The minimum Gasteiger partial charge on any atom is -0.489 e. The highest BCUT2D eigenvalue weighted by Crippen LogP contribution is 2.33. The molecule has 0 aromatic heterocycles. The van der Waals surface area contributed by atoms with Crippen molar-refractivity contribution in [1.29, 1.82) is 0 Å². The molecule has 0 radical (unpaired) electrons. The molecular weight excluding hydrogens is 288 g/mol. The van der Waals surface area contributed by atoms with E-state index in [1.165, 1.54) is 37.7 Å². The molecule has 3 heteroatoms. The van der Waals surface area contributed by atoms with Gasteiger partial charge in [0.1, 0.15) is 12.4 Å². The highest BCUT2D eigenvalue weighted by molar-refractivity contribution is 5.89. The summed E-state index contributed by atoms with van der Waals surface area (Å²) in [6.45, 7) is 0.269. The van der Waals surface area contributed by atoms with Crippen LogP contribution in [0.25, 0.3) is 0 Å². The molecule has 1 aliphatic rings. The van der Waals surface area contributed by atoms with E-state index in [0.717, 1.165) is 5.75 Å². The number of carboxylic acids is 1. The SMILES string of the molecule is O=C(O)c1ccccc1COc1ccc(C2CCCCC2)cc1. The van der Waals surface area contributed by atoms with Crippen molar-refractivity contribution < 1.29 is 14.6 Å². The molecule has 3 rings (SSSR count). The molecule has 120 valence electrons. The minimum absolute atomic E-state index is 0.269. The predicted molar refractivity (Wildman–Crippen MR) is 90.0 cm³/mol. The number of rotatable bonds is 5. The van der Waals surface area contributed by atoms with Gasteiger partial charge in [-0.2, -0.15) is 0 Å². The summed E-state index contributed by atoms with van der Waals surface area (Å²) in [6.07, 6.45) is 6.59. The molecule has 0 aliphatic heterocycles. The van der Waals surface area contributed by atoms with Crippen molar-refractivity contribution in [3.63, 3.8) is 0 Å². The van der Waals surface area contributed by atoms with Crippen molar-refractivity contribution in [1.82, 2.24) is 0 Å². The Morgan fingerprint density at radius 3 is 2.39 bits per heavy atom. The fourth-order valence-corrected chi connectivity index (χ4v) is 3.29. The molecule has 0 saturated heterocycles. The van der Waals surface area contributed by atoms with Gasteiger partial charge in [-0.05, 0) is 42.5 Å². The largest absolute Gasteiger partial charge is 0.489 e. The summed E-state index contributed by atoms with van der Waals surface area (Å²) in [5, 5.41) is 9.19. The number of carbonyl (C=O) groups is 1. The number of ether oxygens (including phenoxy) is 1. The number of hydrogen-bond acceptors (Lipinski definition) is 2. The van der Waals surface area contributed by atoms with Gasteiger partial charge in [-0.15, -0.1) is 0 Å². The van der Waals surface area contributed by atoms with Gasteiger partial charge in [0.05, 0.1) is 5.56 Å². The van der Waals surface area contributed by atoms with Gasteiger partial charge in [0, 0.05) is 5.56 Å². The van der Waals surface area contributed by atoms with Crippen molar-refractivity contribution in [2.24, 2.45) is 0 Å². The van der Waals surface area contributed by atoms with Crippen molar-refractivity contribution in [3.05, 3.63) is 65.2 Å². The van der Waals surface area contributed by atoms with Crippen LogP contribution in [0.15, 0.2) is 48.5 Å². The first-order chi connectivity index (χ1) is 11.2. The fourth-order valence-electron chi connectivity index (χ4n) is 3.29. The van der Waals surface area contributed by atoms with E-state index in [4.69, 9.17) is 4.74 Å². The number of carboxylic acid groups (broad SMARTS) is 1. The van der Waals surface area contributed by atoms with Crippen LogP contribution in [-0.4, -0.2) is 11.1 Å². The van der Waals surface area contributed by atoms with E-state index < -0.39 is 5.97 Å². The van der Waals surface area contributed by atoms with Crippen LogP contribution in [0.5, 0.6) is 5.75 Å². The Hall–Kier alpha value is -2.29. The summed E-state index contributed by atoms with van der Waals surface area (Å²) in [7, 11) is 0. The first kappa shape index (κ1) is 15.6. The Morgan fingerprint density at radius 2 is 1.70 bits per heavy atom. The van der Waals surface area contributed by atoms with E-state index in [-0.39, 0.29) is 6.61 Å². The molecule has 1 aliphatic carbocycles. The van der Waals surface area contributed by atoms with Crippen molar-refractivity contribution in [2.75, 3.05) is 0 Å². The summed E-state index contributed by atoms with van der Waals surface area (Å²) < 4.78 is 5.76. The van der Waals surface area contributed by atoms with Crippen LogP contribution in [0.1, 0.15) is 59.5 Å². The maximum absolute atomic E-state index is 11.2. The zero-order valence-corrected chi connectivity index (χ0v) is 13.2. The lowest BCUT2D eigenvalue weighted by molar-refractivity contribution is 0.0694. The number of hydrogen-bond donors (Lipinski definition) is 1. The maximum Gasteiger partial charge on any atom is 0.336 e. The zero-order chi connectivity index (χ0) is 16.1. The molecule has 0 bridgehead atoms. The van der Waals surface area contributed by atoms with Crippen LogP contribution < -0.4 is 4.74 Å². The standard InChI is InChI=1S/C20H22O3/c21-20(22)19-9-5-4-8-17(19)14-23-18-12-10-16(11-13-18)15-6-2-1-3-7-15/h4-5,8-13,15H,1-3,6-7,14H2,(H,21,22). The van der Waals surface area contributed by atoms with E-state index in [1.807, 2.05) is 18.2 Å². The lowest BCUT2D eigenvalue weighted by Crippen LogP contribution is -2.06. The van der Waals surface area contributed by atoms with Gasteiger partial charge in [-0.25, -0.2) is 4.79 Å². The van der Waals surface area contributed by atoms with Gasteiger partial charge >= 0.3 is 5.97 Å². The molecule has 0 heterocycles. The maximum atomic E-state index is 11.2. The molecule has 1 saturated carbocycles. The Morgan fingerprint density at radius 1 is 1.00 bits per heavy atom. The van der Waals surface area contributed by atoms with Gasteiger partial charge in [-0.3, -0.25) is 0 Å². The smallest absolute Gasteiger partial charge is 0.336 e. The number of aromatic carboxylic acids is 1. The first-order valence-corrected chi connectivity index (χ1v) is 8.28. The third kappa shape index (κ3) is 3.92. The second-order valence-corrected chi connectivity index (χ2v) is 6.15. The third-order valence-corrected chi connectivity index (χ3v) is 4.60. The highest BCUT2D eigenvalue weighted by atomic mass is 16.5. The van der Waals surface area contributed by atoms with Crippen LogP contribution >= 0.6 is 0 Å². The van der Waals surface area contributed by atoms with Crippen LogP contribution in [-0.2, 0) is 6.61 Å². The summed E-state index contributed by atoms with van der Waals surface area (Å²) in [5.74, 6) is 0.548. The summed E-state index contributed by atoms with van der Waals surface area (Å²) in [6, 6.07) is 15.2. The molecule has 0 spiro atoms. The molecule has 3 nitrogen and oxygen atoms in total. The second-order valence-electron chi connectivity index (χ2n) is 6.15. The monoisotopic (exact) mass is 310 g/mol. The summed E-state index contributed by atoms with van der Waals surface area (Å²) in [5.41, 5.74) is 2.38. The molecule has 0 unspecified atom stereocenters. The van der Waals surface area contributed by atoms with Crippen LogP contribution in [0.3, 0.4) is 0 Å². The first-order valence-electron chi connectivity index (χ1n) is 8.28. The average molecular weight is 310 g/mol. The van der Waals surface area contributed by atoms with E-state index >= 15 is 0 Å². The Balaban J connectivity index is 1.64. The van der Waals surface area contributed by atoms with E-state index in [0.29, 0.717) is 17.0 Å². The molecule has 0 atom stereocenters. The summed E-state index contributed by atoms with van der Waals surface area (Å²) in [4.78, 5) is 11.2. The van der Waals surface area contributed by atoms with Crippen molar-refractivity contribution in [3.8, 4) is 5.75 Å². The predicted octanol–water partition coefficient (Wildman–Crippen LogP) is 5.01. The van der Waals surface area contributed by atoms with E-state index in [9.17, 15) is 9.90 Å². The second kappa shape index (κ2) is 7.32. The molecule has 2 aromatic carbocycles. The lowest BCUT2D eigenvalue weighted by atomic mass is 9.84. The molecule has 2 aromatic rings. The Labute approximate surface area is 136 Å². The molecule has 23 heavy (non-hydrogen) atoms. The highest BCUT2D eigenvalue weighted by Gasteiger charge is 2.15. The van der Waals surface area contributed by atoms with Crippen LogP contribution in [0.4, 0.5) is 0 Å². The van der Waals surface area contributed by atoms with Gasteiger partial charge in [0.25, 0.3) is 0 Å². The fraction of sp³-hybridized carbons (Fsp3) is 0.350. The average Bonchev–Trinajstić information content (AvgIpc) is 2.61. The third-order valence-electron chi connectivity index (χ3n) is 4.60. The summed E-state index contributed by atoms with van der Waals surface area (Å²) >= 11 is 0. The van der Waals surface area contributed by atoms with Crippen LogP contribution in [0.2, 0.25) is 0 Å².